The van der Waals surface area contributed by atoms with E-state index in [2.05, 4.69) is 22.6 Å². The molecule has 0 aliphatic carbocycles. The highest BCUT2D eigenvalue weighted by molar-refractivity contribution is 14.1. The van der Waals surface area contributed by atoms with Crippen molar-refractivity contribution in [2.24, 2.45) is 0 Å². The van der Waals surface area contributed by atoms with Gasteiger partial charge in [0.05, 0.1) is 12.2 Å². The third-order valence-corrected chi connectivity index (χ3v) is 3.59. The molecule has 2 rings (SSSR count). The Hall–Kier alpha value is -0.820. The molecule has 1 aliphatic heterocycles. The molecule has 0 amide bonds. The van der Waals surface area contributed by atoms with Crippen molar-refractivity contribution in [2.75, 3.05) is 6.61 Å². The van der Waals surface area contributed by atoms with E-state index in [1.807, 2.05) is 13.0 Å². The van der Waals surface area contributed by atoms with Gasteiger partial charge >= 0.3 is 5.97 Å². The van der Waals surface area contributed by atoms with Crippen LogP contribution in [0.15, 0.2) is 18.2 Å². The largest absolute Gasteiger partial charge is 0.490 e. The summed E-state index contributed by atoms with van der Waals surface area (Å²) in [5.41, 5.74) is 0.202. The van der Waals surface area contributed by atoms with Crippen LogP contribution in [0.2, 0.25) is 0 Å². The molecule has 1 fully saturated rings. The summed E-state index contributed by atoms with van der Waals surface area (Å²) in [6.45, 7) is 2.44. The van der Waals surface area contributed by atoms with Crippen LogP contribution in [0.1, 0.15) is 30.1 Å². The molecule has 1 aromatic rings. The van der Waals surface area contributed by atoms with Crippen LogP contribution in [0, 0.1) is 3.57 Å². The van der Waals surface area contributed by atoms with Gasteiger partial charge in [0.1, 0.15) is 17.9 Å². The van der Waals surface area contributed by atoms with Gasteiger partial charge in [-0.3, -0.25) is 0 Å². The summed E-state index contributed by atoms with van der Waals surface area (Å²) < 4.78 is 12.1. The lowest BCUT2D eigenvalue weighted by atomic mass is 10.2. The van der Waals surface area contributed by atoms with Crippen molar-refractivity contribution in [3.8, 4) is 5.75 Å². The fourth-order valence-electron chi connectivity index (χ4n) is 1.99. The van der Waals surface area contributed by atoms with Crippen LogP contribution in [-0.4, -0.2) is 29.9 Å². The lowest BCUT2D eigenvalue weighted by Crippen LogP contribution is -2.18. The van der Waals surface area contributed by atoms with Crippen molar-refractivity contribution < 1.29 is 19.4 Å². The van der Waals surface area contributed by atoms with Crippen LogP contribution in [0.3, 0.4) is 0 Å². The fourth-order valence-corrected chi connectivity index (χ4v) is 2.48. The van der Waals surface area contributed by atoms with Gasteiger partial charge < -0.3 is 14.6 Å². The third kappa shape index (κ3) is 3.35. The zero-order valence-electron chi connectivity index (χ0n) is 10.1. The van der Waals surface area contributed by atoms with Crippen LogP contribution < -0.4 is 4.74 Å². The molecule has 5 heteroatoms. The van der Waals surface area contributed by atoms with Crippen molar-refractivity contribution >= 4 is 28.6 Å². The summed E-state index contributed by atoms with van der Waals surface area (Å²) in [5, 5.41) is 9.11. The van der Waals surface area contributed by atoms with Crippen molar-refractivity contribution in [2.45, 2.75) is 32.0 Å². The number of hydrogen-bond donors (Lipinski definition) is 1. The molecule has 1 saturated heterocycles. The Balaban J connectivity index is 2.02. The monoisotopic (exact) mass is 362 g/mol. The molecular weight excluding hydrogens is 347 g/mol. The number of ether oxygens (including phenoxy) is 2. The van der Waals surface area contributed by atoms with Crippen molar-refractivity contribution in [3.05, 3.63) is 27.3 Å². The summed E-state index contributed by atoms with van der Waals surface area (Å²) in [4.78, 5) is 11.1. The molecule has 0 aromatic heterocycles. The first-order valence-corrected chi connectivity index (χ1v) is 6.95. The van der Waals surface area contributed by atoms with E-state index in [0.717, 1.165) is 16.4 Å². The minimum atomic E-state index is -0.968. The Morgan fingerprint density at radius 1 is 1.56 bits per heavy atom. The highest BCUT2D eigenvalue weighted by Gasteiger charge is 2.23. The van der Waals surface area contributed by atoms with E-state index >= 15 is 0 Å². The number of benzene rings is 1. The number of aromatic carboxylic acids is 1. The van der Waals surface area contributed by atoms with Gasteiger partial charge in [-0.1, -0.05) is 0 Å². The third-order valence-electron chi connectivity index (χ3n) is 2.92. The van der Waals surface area contributed by atoms with Gasteiger partial charge in [0, 0.05) is 3.57 Å². The molecular formula is C13H15IO4. The fraction of sp³-hybridized carbons (Fsp3) is 0.462. The molecule has 18 heavy (non-hydrogen) atoms. The minimum Gasteiger partial charge on any atom is -0.490 e. The average molecular weight is 362 g/mol. The predicted octanol–water partition coefficient (Wildman–Crippen LogP) is 2.94. The number of halogens is 1. The molecule has 0 bridgehead atoms. The van der Waals surface area contributed by atoms with Crippen LogP contribution in [-0.2, 0) is 4.74 Å². The van der Waals surface area contributed by atoms with Gasteiger partial charge in [-0.2, -0.15) is 0 Å². The number of hydrogen-bond acceptors (Lipinski definition) is 3. The first kappa shape index (κ1) is 13.6. The second kappa shape index (κ2) is 5.88. The van der Waals surface area contributed by atoms with Crippen molar-refractivity contribution in [1.82, 2.24) is 0 Å². The smallest absolute Gasteiger partial charge is 0.339 e. The molecule has 4 nitrogen and oxygen atoms in total. The highest BCUT2D eigenvalue weighted by atomic mass is 127. The van der Waals surface area contributed by atoms with Gasteiger partial charge in [0.25, 0.3) is 0 Å². The maximum Gasteiger partial charge on any atom is 0.339 e. The highest BCUT2D eigenvalue weighted by Crippen LogP contribution is 2.24. The second-order valence-electron chi connectivity index (χ2n) is 4.40. The maximum atomic E-state index is 11.1. The standard InChI is InChI=1S/C13H15IO4/c1-8-2-4-10(18-8)7-17-12-5-3-9(14)6-11(12)13(15)16/h3,5-6,8,10H,2,4,7H2,1H3,(H,15,16). The number of carboxylic acids is 1. The van der Waals surface area contributed by atoms with E-state index in [-0.39, 0.29) is 17.8 Å². The predicted molar refractivity (Wildman–Crippen MR) is 75.2 cm³/mol. The Kier molecular flexibility index (Phi) is 4.45. The Labute approximate surface area is 119 Å². The van der Waals surface area contributed by atoms with Gasteiger partial charge in [-0.25, -0.2) is 4.79 Å². The number of carboxylic acid groups (broad SMARTS) is 1. The molecule has 0 radical (unpaired) electrons. The summed E-state index contributed by atoms with van der Waals surface area (Å²) in [6.07, 6.45) is 2.34. The van der Waals surface area contributed by atoms with Crippen LogP contribution in [0.5, 0.6) is 5.75 Å². The topological polar surface area (TPSA) is 55.8 Å². The van der Waals surface area contributed by atoms with Crippen LogP contribution in [0.25, 0.3) is 0 Å². The second-order valence-corrected chi connectivity index (χ2v) is 5.65. The Morgan fingerprint density at radius 3 is 2.94 bits per heavy atom. The van der Waals surface area contributed by atoms with E-state index in [9.17, 15) is 4.79 Å². The van der Waals surface area contributed by atoms with Gasteiger partial charge in [-0.05, 0) is 60.6 Å². The molecule has 1 aliphatic rings. The molecule has 1 heterocycles. The summed E-state index contributed by atoms with van der Waals surface area (Å²) >= 11 is 2.08. The van der Waals surface area contributed by atoms with E-state index in [1.165, 1.54) is 0 Å². The van der Waals surface area contributed by atoms with Gasteiger partial charge in [0.15, 0.2) is 0 Å². The molecule has 2 unspecified atom stereocenters. The molecule has 2 atom stereocenters. The number of rotatable bonds is 4. The van der Waals surface area contributed by atoms with E-state index < -0.39 is 5.97 Å². The Morgan fingerprint density at radius 2 is 2.33 bits per heavy atom. The molecule has 0 spiro atoms. The summed E-state index contributed by atoms with van der Waals surface area (Å²) in [6, 6.07) is 5.14. The van der Waals surface area contributed by atoms with E-state index in [0.29, 0.717) is 12.4 Å². The summed E-state index contributed by atoms with van der Waals surface area (Å²) in [5.74, 6) is -0.560. The van der Waals surface area contributed by atoms with Crippen molar-refractivity contribution in [3.63, 3.8) is 0 Å². The summed E-state index contributed by atoms with van der Waals surface area (Å²) in [7, 11) is 0. The zero-order chi connectivity index (χ0) is 13.1. The first-order chi connectivity index (χ1) is 8.56. The van der Waals surface area contributed by atoms with Crippen LogP contribution in [0.4, 0.5) is 0 Å². The first-order valence-electron chi connectivity index (χ1n) is 5.87. The lowest BCUT2D eigenvalue weighted by Gasteiger charge is -2.14. The molecule has 1 aromatic carbocycles. The SMILES string of the molecule is CC1CCC(COc2ccc(I)cc2C(=O)O)O1. The van der Waals surface area contributed by atoms with Crippen LogP contribution >= 0.6 is 22.6 Å². The normalized spacial score (nSPS) is 23.0. The van der Waals surface area contributed by atoms with E-state index in [4.69, 9.17) is 14.6 Å². The average Bonchev–Trinajstić information content (AvgIpc) is 2.73. The van der Waals surface area contributed by atoms with E-state index in [1.54, 1.807) is 12.1 Å². The van der Waals surface area contributed by atoms with Gasteiger partial charge in [-0.15, -0.1) is 0 Å². The number of carbonyl (C=O) groups is 1. The maximum absolute atomic E-state index is 11.1. The van der Waals surface area contributed by atoms with Crippen molar-refractivity contribution in [1.29, 1.82) is 0 Å². The minimum absolute atomic E-state index is 0.0703. The molecule has 1 N–H and O–H groups in total. The zero-order valence-corrected chi connectivity index (χ0v) is 12.2. The molecule has 0 saturated carbocycles. The lowest BCUT2D eigenvalue weighted by molar-refractivity contribution is 0.0259. The molecule has 98 valence electrons. The quantitative estimate of drug-likeness (QED) is 0.837. The Bertz CT molecular complexity index is 447. The van der Waals surface area contributed by atoms with Gasteiger partial charge in [0.2, 0.25) is 0 Å².